The van der Waals surface area contributed by atoms with Crippen LogP contribution in [0.15, 0.2) is 24.4 Å². The Hall–Kier alpha value is -1.15. The molecule has 2 heterocycles. The third-order valence-corrected chi connectivity index (χ3v) is 3.92. The van der Waals surface area contributed by atoms with Gasteiger partial charge in [0.1, 0.15) is 0 Å². The first-order valence-corrected chi connectivity index (χ1v) is 6.20. The molecular formula is C13H12NS. The van der Waals surface area contributed by atoms with Crippen LogP contribution < -0.4 is 0 Å². The van der Waals surface area contributed by atoms with Crippen molar-refractivity contribution in [2.24, 2.45) is 0 Å². The smallest absolute Gasteiger partial charge is 0.0719 e. The van der Waals surface area contributed by atoms with Gasteiger partial charge in [0.15, 0.2) is 0 Å². The van der Waals surface area contributed by atoms with Crippen LogP contribution >= 0.6 is 11.3 Å². The standard InChI is InChI=1S/C13H12NS/c1-2-7-13-10(5-1)11(9-15-13)12-6-3-4-8-14-12/h3-4,6,8H,1-2,5,7H2. The zero-order chi connectivity index (χ0) is 10.1. The molecule has 0 spiro atoms. The molecule has 0 N–H and O–H groups in total. The SMILES string of the molecule is [c]1sc2c(c1-c1ccccn1)CCCC2. The first-order valence-electron chi connectivity index (χ1n) is 5.39. The summed E-state index contributed by atoms with van der Waals surface area (Å²) in [5.41, 5.74) is 3.83. The Morgan fingerprint density at radius 1 is 1.20 bits per heavy atom. The molecule has 75 valence electrons. The van der Waals surface area contributed by atoms with Crippen LogP contribution in [0.4, 0.5) is 0 Å². The Labute approximate surface area is 93.8 Å². The van der Waals surface area contributed by atoms with Crippen LogP contribution in [0, 0.1) is 5.38 Å². The minimum absolute atomic E-state index is 1.08. The van der Waals surface area contributed by atoms with Gasteiger partial charge in [0.25, 0.3) is 0 Å². The summed E-state index contributed by atoms with van der Waals surface area (Å²) in [5, 5.41) is 3.41. The van der Waals surface area contributed by atoms with Gasteiger partial charge in [-0.15, -0.1) is 11.3 Å². The van der Waals surface area contributed by atoms with Crippen molar-refractivity contribution in [2.75, 3.05) is 0 Å². The van der Waals surface area contributed by atoms with Gasteiger partial charge < -0.3 is 0 Å². The molecule has 0 amide bonds. The summed E-state index contributed by atoms with van der Waals surface area (Å²) in [6, 6.07) is 6.08. The molecule has 0 atom stereocenters. The van der Waals surface area contributed by atoms with Crippen LogP contribution in [0.3, 0.4) is 0 Å². The van der Waals surface area contributed by atoms with E-state index in [1.54, 1.807) is 11.3 Å². The Morgan fingerprint density at radius 3 is 3.00 bits per heavy atom. The fraction of sp³-hybridized carbons (Fsp3) is 0.308. The molecule has 0 aromatic carbocycles. The Morgan fingerprint density at radius 2 is 2.13 bits per heavy atom. The second-order valence-corrected chi connectivity index (χ2v) is 4.80. The Balaban J connectivity index is 2.09. The summed E-state index contributed by atoms with van der Waals surface area (Å²) in [5.74, 6) is 0. The third kappa shape index (κ3) is 1.59. The summed E-state index contributed by atoms with van der Waals surface area (Å²) in [6.07, 6.45) is 6.96. The summed E-state index contributed by atoms with van der Waals surface area (Å²) in [4.78, 5) is 5.93. The normalized spacial score (nSPS) is 14.9. The van der Waals surface area contributed by atoms with Crippen LogP contribution in [0.5, 0.6) is 0 Å². The number of aryl methyl sites for hydroxylation is 1. The summed E-state index contributed by atoms with van der Waals surface area (Å²) in [7, 11) is 0. The lowest BCUT2D eigenvalue weighted by Gasteiger charge is -2.12. The van der Waals surface area contributed by atoms with Crippen molar-refractivity contribution in [3.8, 4) is 11.3 Å². The molecule has 0 unspecified atom stereocenters. The number of hydrogen-bond acceptors (Lipinski definition) is 2. The first-order chi connectivity index (χ1) is 7.45. The predicted octanol–water partition coefficient (Wildman–Crippen LogP) is 3.49. The van der Waals surface area contributed by atoms with E-state index in [0.29, 0.717) is 0 Å². The Kier molecular flexibility index (Phi) is 2.29. The lowest BCUT2D eigenvalue weighted by Crippen LogP contribution is -1.99. The highest BCUT2D eigenvalue weighted by molar-refractivity contribution is 7.10. The average molecular weight is 214 g/mol. The molecule has 2 aromatic heterocycles. The van der Waals surface area contributed by atoms with E-state index in [2.05, 4.69) is 16.4 Å². The van der Waals surface area contributed by atoms with Gasteiger partial charge in [-0.3, -0.25) is 4.98 Å². The van der Waals surface area contributed by atoms with Gasteiger partial charge in [-0.05, 0) is 43.4 Å². The second-order valence-electron chi connectivity index (χ2n) is 3.90. The number of fused-ring (bicyclic) bond motifs is 1. The number of pyridine rings is 1. The van der Waals surface area contributed by atoms with Crippen LogP contribution in [0.1, 0.15) is 23.3 Å². The molecular weight excluding hydrogens is 202 g/mol. The van der Waals surface area contributed by atoms with E-state index in [1.807, 2.05) is 18.3 Å². The van der Waals surface area contributed by atoms with Crippen molar-refractivity contribution in [3.63, 3.8) is 0 Å². The molecule has 0 bridgehead atoms. The average Bonchev–Trinajstić information content (AvgIpc) is 2.74. The maximum Gasteiger partial charge on any atom is 0.0719 e. The molecule has 2 aromatic rings. The highest BCUT2D eigenvalue weighted by Gasteiger charge is 2.17. The van der Waals surface area contributed by atoms with Crippen LogP contribution in [0.25, 0.3) is 11.3 Å². The van der Waals surface area contributed by atoms with E-state index in [-0.39, 0.29) is 0 Å². The molecule has 0 fully saturated rings. The van der Waals surface area contributed by atoms with Crippen LogP contribution in [0.2, 0.25) is 0 Å². The summed E-state index contributed by atoms with van der Waals surface area (Å²) in [6.45, 7) is 0. The largest absolute Gasteiger partial charge is 0.256 e. The van der Waals surface area contributed by atoms with Gasteiger partial charge in [-0.1, -0.05) is 6.07 Å². The molecule has 1 nitrogen and oxygen atoms in total. The van der Waals surface area contributed by atoms with Crippen molar-refractivity contribution in [2.45, 2.75) is 25.7 Å². The minimum Gasteiger partial charge on any atom is -0.256 e. The second kappa shape index (κ2) is 3.78. The molecule has 2 heteroatoms. The van der Waals surface area contributed by atoms with Gasteiger partial charge in [0.05, 0.1) is 11.1 Å². The fourth-order valence-electron chi connectivity index (χ4n) is 2.15. The molecule has 0 aliphatic heterocycles. The van der Waals surface area contributed by atoms with Crippen LogP contribution in [-0.2, 0) is 12.8 Å². The number of thiophene rings is 1. The van der Waals surface area contributed by atoms with Gasteiger partial charge in [-0.2, -0.15) is 0 Å². The molecule has 0 saturated carbocycles. The summed E-state index contributed by atoms with van der Waals surface area (Å²) >= 11 is 1.78. The summed E-state index contributed by atoms with van der Waals surface area (Å²) < 4.78 is 0. The van der Waals surface area contributed by atoms with E-state index >= 15 is 0 Å². The van der Waals surface area contributed by atoms with Crippen molar-refractivity contribution >= 4 is 11.3 Å². The zero-order valence-electron chi connectivity index (χ0n) is 8.49. The maximum absolute atomic E-state index is 4.40. The predicted molar refractivity (Wildman–Crippen MR) is 63.0 cm³/mol. The highest BCUT2D eigenvalue weighted by atomic mass is 32.1. The van der Waals surface area contributed by atoms with Crippen molar-refractivity contribution in [1.29, 1.82) is 0 Å². The van der Waals surface area contributed by atoms with Crippen molar-refractivity contribution in [1.82, 2.24) is 4.98 Å². The van der Waals surface area contributed by atoms with E-state index in [9.17, 15) is 0 Å². The number of nitrogens with zero attached hydrogens (tertiary/aromatic N) is 1. The maximum atomic E-state index is 4.40. The molecule has 15 heavy (non-hydrogen) atoms. The topological polar surface area (TPSA) is 12.9 Å². The Bertz CT molecular complexity index is 459. The quantitative estimate of drug-likeness (QED) is 0.708. The van der Waals surface area contributed by atoms with Gasteiger partial charge in [-0.25, -0.2) is 0 Å². The van der Waals surface area contributed by atoms with E-state index < -0.39 is 0 Å². The van der Waals surface area contributed by atoms with Gasteiger partial charge in [0.2, 0.25) is 0 Å². The van der Waals surface area contributed by atoms with Gasteiger partial charge >= 0.3 is 0 Å². The number of aromatic nitrogens is 1. The third-order valence-electron chi connectivity index (χ3n) is 2.92. The molecule has 0 saturated heterocycles. The lowest BCUT2D eigenvalue weighted by molar-refractivity contribution is 0.698. The highest BCUT2D eigenvalue weighted by Crippen LogP contribution is 2.34. The molecule has 1 aliphatic carbocycles. The van der Waals surface area contributed by atoms with Crippen molar-refractivity contribution in [3.05, 3.63) is 40.2 Å². The lowest BCUT2D eigenvalue weighted by atomic mass is 9.94. The van der Waals surface area contributed by atoms with Crippen LogP contribution in [-0.4, -0.2) is 4.98 Å². The van der Waals surface area contributed by atoms with Gasteiger partial charge in [0, 0.05) is 16.6 Å². The number of rotatable bonds is 1. The van der Waals surface area contributed by atoms with Crippen molar-refractivity contribution < 1.29 is 0 Å². The first kappa shape index (κ1) is 9.10. The fourth-order valence-corrected chi connectivity index (χ4v) is 3.17. The number of hydrogen-bond donors (Lipinski definition) is 0. The van der Waals surface area contributed by atoms with E-state index in [0.717, 1.165) is 5.69 Å². The molecule has 1 radical (unpaired) electrons. The minimum atomic E-state index is 1.08. The molecule has 3 rings (SSSR count). The monoisotopic (exact) mass is 214 g/mol. The molecule has 1 aliphatic rings. The van der Waals surface area contributed by atoms with E-state index in [1.165, 1.54) is 41.7 Å². The van der Waals surface area contributed by atoms with E-state index in [4.69, 9.17) is 0 Å². The zero-order valence-corrected chi connectivity index (χ0v) is 9.31.